The Balaban J connectivity index is 1.60. The Morgan fingerprint density at radius 2 is 1.88 bits per heavy atom. The number of rotatable bonds is 5. The number of carbonyl (C=O) groups excluding carboxylic acids is 1. The minimum absolute atomic E-state index is 0.140. The third-order valence-electron chi connectivity index (χ3n) is 4.72. The molecule has 1 fully saturated rings. The average molecular weight is 335 g/mol. The summed E-state index contributed by atoms with van der Waals surface area (Å²) in [5, 5.41) is 0. The van der Waals surface area contributed by atoms with Crippen molar-refractivity contribution in [3.63, 3.8) is 0 Å². The molecule has 0 radical (unpaired) electrons. The van der Waals surface area contributed by atoms with Gasteiger partial charge in [-0.25, -0.2) is 4.98 Å². The Hall–Kier alpha value is -2.82. The first kappa shape index (κ1) is 15.7. The van der Waals surface area contributed by atoms with Gasteiger partial charge in [0.05, 0.1) is 17.6 Å². The van der Waals surface area contributed by atoms with Crippen LogP contribution in [0.5, 0.6) is 5.75 Å². The molecule has 128 valence electrons. The van der Waals surface area contributed by atoms with Gasteiger partial charge in [0.1, 0.15) is 18.2 Å². The van der Waals surface area contributed by atoms with Crippen LogP contribution in [0, 0.1) is 0 Å². The topological polar surface area (TPSA) is 47.4 Å². The van der Waals surface area contributed by atoms with E-state index in [2.05, 4.69) is 10.6 Å². The van der Waals surface area contributed by atoms with Gasteiger partial charge in [0.15, 0.2) is 0 Å². The molecule has 3 aromatic rings. The van der Waals surface area contributed by atoms with Crippen LogP contribution in [0.1, 0.15) is 18.2 Å². The largest absolute Gasteiger partial charge is 0.492 e. The molecule has 1 aromatic heterocycles. The summed E-state index contributed by atoms with van der Waals surface area (Å²) in [6, 6.07) is 17.9. The van der Waals surface area contributed by atoms with Gasteiger partial charge in [-0.3, -0.25) is 4.79 Å². The molecule has 0 N–H and O–H groups in total. The molecular weight excluding hydrogens is 314 g/mol. The second-order valence-electron chi connectivity index (χ2n) is 6.45. The summed E-state index contributed by atoms with van der Waals surface area (Å²) < 4.78 is 8.07. The lowest BCUT2D eigenvalue weighted by atomic mass is 10.1. The second-order valence-corrected chi connectivity index (χ2v) is 6.45. The number of likely N-dealkylation sites (tertiary alicyclic amines) is 1. The fraction of sp³-hybridized carbons (Fsp3) is 0.300. The Bertz CT molecular complexity index is 888. The number of nitrogens with zero attached hydrogens (tertiary/aromatic N) is 3. The van der Waals surface area contributed by atoms with Crippen LogP contribution < -0.4 is 4.74 Å². The monoisotopic (exact) mass is 335 g/mol. The fourth-order valence-corrected chi connectivity index (χ4v) is 3.45. The van der Waals surface area contributed by atoms with Crippen molar-refractivity contribution < 1.29 is 9.53 Å². The summed E-state index contributed by atoms with van der Waals surface area (Å²) in [5.74, 6) is 2.17. The number of amides is 1. The molecular formula is C20H21N3O2. The van der Waals surface area contributed by atoms with Crippen molar-refractivity contribution in [1.82, 2.24) is 14.5 Å². The Morgan fingerprint density at radius 1 is 1.12 bits per heavy atom. The van der Waals surface area contributed by atoms with Gasteiger partial charge in [0.2, 0.25) is 5.91 Å². The number of hydrogen-bond acceptors (Lipinski definition) is 3. The van der Waals surface area contributed by atoms with Crippen molar-refractivity contribution in [3.05, 3.63) is 60.4 Å². The Kier molecular flexibility index (Phi) is 4.14. The van der Waals surface area contributed by atoms with E-state index < -0.39 is 0 Å². The van der Waals surface area contributed by atoms with Crippen LogP contribution in [0.25, 0.3) is 11.0 Å². The van der Waals surface area contributed by atoms with Crippen molar-refractivity contribution in [2.24, 2.45) is 0 Å². The summed E-state index contributed by atoms with van der Waals surface area (Å²) in [6.07, 6.45) is 0.527. The van der Waals surface area contributed by atoms with E-state index in [0.717, 1.165) is 29.2 Å². The summed E-state index contributed by atoms with van der Waals surface area (Å²) in [5.41, 5.74) is 2.07. The van der Waals surface area contributed by atoms with Crippen molar-refractivity contribution in [2.75, 3.05) is 20.2 Å². The molecule has 2 aromatic carbocycles. The minimum Gasteiger partial charge on any atom is -0.492 e. The third-order valence-corrected chi connectivity index (χ3v) is 4.72. The highest BCUT2D eigenvalue weighted by molar-refractivity contribution is 5.80. The van der Waals surface area contributed by atoms with Crippen molar-refractivity contribution in [1.29, 1.82) is 0 Å². The Morgan fingerprint density at radius 3 is 2.64 bits per heavy atom. The summed E-state index contributed by atoms with van der Waals surface area (Å²) in [6.45, 7) is 1.99. The van der Waals surface area contributed by atoms with E-state index in [4.69, 9.17) is 9.72 Å². The van der Waals surface area contributed by atoms with Crippen molar-refractivity contribution in [2.45, 2.75) is 18.9 Å². The van der Waals surface area contributed by atoms with Crippen LogP contribution >= 0.6 is 0 Å². The van der Waals surface area contributed by atoms with Gasteiger partial charge in [-0.05, 0) is 24.3 Å². The third kappa shape index (κ3) is 3.09. The molecule has 1 aliphatic heterocycles. The number of fused-ring (bicyclic) bond motifs is 1. The number of imidazole rings is 1. The van der Waals surface area contributed by atoms with Crippen LogP contribution in [-0.4, -0.2) is 40.6 Å². The van der Waals surface area contributed by atoms with E-state index in [0.29, 0.717) is 19.6 Å². The molecule has 0 unspecified atom stereocenters. The number of benzene rings is 2. The fourth-order valence-electron chi connectivity index (χ4n) is 3.45. The second kappa shape index (κ2) is 6.59. The molecule has 0 bridgehead atoms. The van der Waals surface area contributed by atoms with E-state index in [1.54, 1.807) is 4.90 Å². The smallest absolute Gasteiger partial charge is 0.223 e. The lowest BCUT2D eigenvalue weighted by molar-refractivity contribution is -0.126. The summed E-state index contributed by atoms with van der Waals surface area (Å²) in [4.78, 5) is 18.6. The van der Waals surface area contributed by atoms with E-state index in [-0.39, 0.29) is 11.8 Å². The molecule has 0 aliphatic carbocycles. The first-order chi connectivity index (χ1) is 12.2. The molecule has 5 nitrogen and oxygen atoms in total. The number of ether oxygens (including phenoxy) is 1. The minimum atomic E-state index is 0.140. The van der Waals surface area contributed by atoms with Crippen LogP contribution in [0.2, 0.25) is 0 Å². The van der Waals surface area contributed by atoms with E-state index in [1.807, 2.05) is 55.6 Å². The number of carbonyl (C=O) groups is 1. The van der Waals surface area contributed by atoms with Crippen molar-refractivity contribution in [3.8, 4) is 5.75 Å². The highest BCUT2D eigenvalue weighted by Gasteiger charge is 2.31. The van der Waals surface area contributed by atoms with Crippen LogP contribution in [0.15, 0.2) is 54.6 Å². The molecule has 25 heavy (non-hydrogen) atoms. The molecule has 1 aliphatic rings. The van der Waals surface area contributed by atoms with E-state index in [1.165, 1.54) is 0 Å². The van der Waals surface area contributed by atoms with Crippen LogP contribution in [0.4, 0.5) is 0 Å². The predicted molar refractivity (Wildman–Crippen MR) is 96.7 cm³/mol. The lowest BCUT2D eigenvalue weighted by Gasteiger charge is -2.14. The normalized spacial score (nSPS) is 17.4. The van der Waals surface area contributed by atoms with Gasteiger partial charge in [-0.15, -0.1) is 0 Å². The number of hydrogen-bond donors (Lipinski definition) is 0. The van der Waals surface area contributed by atoms with Gasteiger partial charge >= 0.3 is 0 Å². The quantitative estimate of drug-likeness (QED) is 0.720. The molecule has 5 heteroatoms. The van der Waals surface area contributed by atoms with Gasteiger partial charge in [0.25, 0.3) is 0 Å². The maximum absolute atomic E-state index is 11.9. The standard InChI is InChI=1S/C20H21N3O2/c1-22-14-15(13-19(22)24)20-21-17-9-5-6-10-18(17)23(20)11-12-25-16-7-3-2-4-8-16/h2-10,15H,11-14H2,1H3/t15-/m0/s1. The zero-order valence-corrected chi connectivity index (χ0v) is 14.3. The molecule has 2 heterocycles. The predicted octanol–water partition coefficient (Wildman–Crippen LogP) is 3.06. The van der Waals surface area contributed by atoms with Crippen LogP contribution in [0.3, 0.4) is 0 Å². The van der Waals surface area contributed by atoms with Gasteiger partial charge < -0.3 is 14.2 Å². The zero-order chi connectivity index (χ0) is 17.2. The maximum atomic E-state index is 11.9. The van der Waals surface area contributed by atoms with E-state index >= 15 is 0 Å². The summed E-state index contributed by atoms with van der Waals surface area (Å²) >= 11 is 0. The maximum Gasteiger partial charge on any atom is 0.223 e. The average Bonchev–Trinajstić information content (AvgIpc) is 3.16. The first-order valence-electron chi connectivity index (χ1n) is 8.59. The van der Waals surface area contributed by atoms with Crippen molar-refractivity contribution >= 4 is 16.9 Å². The summed E-state index contributed by atoms with van der Waals surface area (Å²) in [7, 11) is 1.86. The zero-order valence-electron chi connectivity index (χ0n) is 14.3. The number of likely N-dealkylation sites (N-methyl/N-ethyl adjacent to an activating group) is 1. The molecule has 1 amide bonds. The number of para-hydroxylation sites is 3. The first-order valence-corrected chi connectivity index (χ1v) is 8.59. The SMILES string of the molecule is CN1C[C@@H](c2nc3ccccc3n2CCOc2ccccc2)CC1=O. The van der Waals surface area contributed by atoms with Crippen LogP contribution in [-0.2, 0) is 11.3 Å². The molecule has 0 saturated carbocycles. The number of aromatic nitrogens is 2. The Labute approximate surface area is 146 Å². The molecule has 0 spiro atoms. The highest BCUT2D eigenvalue weighted by atomic mass is 16.5. The van der Waals surface area contributed by atoms with Gasteiger partial charge in [0, 0.05) is 25.9 Å². The van der Waals surface area contributed by atoms with E-state index in [9.17, 15) is 4.79 Å². The molecule has 1 atom stereocenters. The van der Waals surface area contributed by atoms with Gasteiger partial charge in [-0.1, -0.05) is 30.3 Å². The lowest BCUT2D eigenvalue weighted by Crippen LogP contribution is -2.19. The van der Waals surface area contributed by atoms with Gasteiger partial charge in [-0.2, -0.15) is 0 Å². The molecule has 4 rings (SSSR count). The molecule has 1 saturated heterocycles. The highest BCUT2D eigenvalue weighted by Crippen LogP contribution is 2.29.